The molecule has 2 N–H and O–H groups in total. The van der Waals surface area contributed by atoms with Crippen molar-refractivity contribution in [2.75, 3.05) is 6.61 Å². The molecule has 0 radical (unpaired) electrons. The van der Waals surface area contributed by atoms with Gasteiger partial charge in [-0.25, -0.2) is 4.18 Å². The average molecular weight is 507 g/mol. The summed E-state index contributed by atoms with van der Waals surface area (Å²) in [4.78, 5) is -0.0499. The normalized spacial score (nSPS) is 12.3. The first-order chi connectivity index (χ1) is 15.7. The van der Waals surface area contributed by atoms with Gasteiger partial charge in [0.05, 0.1) is 11.5 Å². The predicted octanol–water partition coefficient (Wildman–Crippen LogP) is 6.54. The minimum atomic E-state index is -4.28. The van der Waals surface area contributed by atoms with Crippen LogP contribution in [0.4, 0.5) is 0 Å². The van der Waals surface area contributed by atoms with Crippen molar-refractivity contribution >= 4 is 20.5 Å². The third-order valence-electron chi connectivity index (χ3n) is 5.81. The van der Waals surface area contributed by atoms with E-state index in [2.05, 4.69) is 4.18 Å². The van der Waals surface area contributed by atoms with Crippen molar-refractivity contribution in [2.45, 2.75) is 114 Å². The van der Waals surface area contributed by atoms with Crippen LogP contribution < -0.4 is 0 Å². The summed E-state index contributed by atoms with van der Waals surface area (Å²) in [5, 5.41) is 0. The van der Waals surface area contributed by atoms with Crippen LogP contribution in [-0.2, 0) is 31.1 Å². The molecule has 0 aromatic heterocycles. The van der Waals surface area contributed by atoms with E-state index in [0.717, 1.165) is 31.2 Å². The van der Waals surface area contributed by atoms with Crippen molar-refractivity contribution in [2.24, 2.45) is 0 Å². The van der Waals surface area contributed by atoms with Crippen molar-refractivity contribution in [3.05, 3.63) is 29.8 Å². The van der Waals surface area contributed by atoms with Crippen LogP contribution in [-0.4, -0.2) is 32.5 Å². The summed E-state index contributed by atoms with van der Waals surface area (Å²) in [5.74, 6) is 0. The quantitative estimate of drug-likeness (QED) is 0.144. The van der Waals surface area contributed by atoms with Gasteiger partial charge in [-0.05, 0) is 37.0 Å². The van der Waals surface area contributed by atoms with Gasteiger partial charge in [0.1, 0.15) is 0 Å². The van der Waals surface area contributed by atoms with Crippen molar-refractivity contribution < 1.29 is 30.1 Å². The van der Waals surface area contributed by atoms with Crippen molar-refractivity contribution in [3.63, 3.8) is 0 Å². The lowest BCUT2D eigenvalue weighted by atomic mass is 10.0. The van der Waals surface area contributed by atoms with E-state index in [1.807, 2.05) is 0 Å². The lowest BCUT2D eigenvalue weighted by Crippen LogP contribution is -2.04. The number of hydrogen-bond acceptors (Lipinski definition) is 5. The minimum Gasteiger partial charge on any atom is -0.282 e. The van der Waals surface area contributed by atoms with E-state index in [1.165, 1.54) is 89.2 Å². The van der Waals surface area contributed by atoms with Crippen molar-refractivity contribution in [1.82, 2.24) is 0 Å². The van der Waals surface area contributed by atoms with Crippen molar-refractivity contribution in [1.29, 1.82) is 0 Å². The van der Waals surface area contributed by atoms with E-state index >= 15 is 0 Å². The van der Waals surface area contributed by atoms with Gasteiger partial charge in [0.25, 0.3) is 10.1 Å². The van der Waals surface area contributed by atoms with E-state index in [-0.39, 0.29) is 11.5 Å². The van der Waals surface area contributed by atoms with E-state index in [1.54, 1.807) is 12.1 Å². The molecular formula is C24H42O7S2. The number of aryl methyl sites for hydroxylation is 1. The molecule has 0 atom stereocenters. The second kappa shape index (κ2) is 17.4. The molecule has 7 nitrogen and oxygen atoms in total. The second-order valence-corrected chi connectivity index (χ2v) is 11.3. The lowest BCUT2D eigenvalue weighted by molar-refractivity contribution is 0.261. The van der Waals surface area contributed by atoms with E-state index in [9.17, 15) is 16.8 Å². The van der Waals surface area contributed by atoms with E-state index < -0.39 is 20.5 Å². The molecule has 0 saturated carbocycles. The summed E-state index contributed by atoms with van der Waals surface area (Å²) in [7, 11) is -8.38. The largest absolute Gasteiger partial charge is 0.397 e. The maximum absolute atomic E-state index is 11.0. The van der Waals surface area contributed by atoms with Gasteiger partial charge >= 0.3 is 10.4 Å². The Kier molecular flexibility index (Phi) is 15.9. The molecule has 0 aliphatic heterocycles. The summed E-state index contributed by atoms with van der Waals surface area (Å²) in [6.07, 6.45) is 19.9. The molecule has 0 aliphatic carbocycles. The molecule has 33 heavy (non-hydrogen) atoms. The zero-order valence-corrected chi connectivity index (χ0v) is 21.4. The first-order valence-electron chi connectivity index (χ1n) is 12.4. The van der Waals surface area contributed by atoms with Crippen LogP contribution in [0.5, 0.6) is 0 Å². The molecule has 1 rings (SSSR count). The fourth-order valence-electron chi connectivity index (χ4n) is 3.90. The molecule has 0 spiro atoms. The van der Waals surface area contributed by atoms with Crippen LogP contribution in [0.25, 0.3) is 0 Å². The number of rotatable bonds is 21. The van der Waals surface area contributed by atoms with Crippen LogP contribution in [0.1, 0.15) is 108 Å². The van der Waals surface area contributed by atoms with Gasteiger partial charge in [0, 0.05) is 0 Å². The fraction of sp³-hybridized carbons (Fsp3) is 0.750. The molecule has 0 bridgehead atoms. The Morgan fingerprint density at radius 3 is 1.27 bits per heavy atom. The Bertz CT molecular complexity index is 819. The van der Waals surface area contributed by atoms with Gasteiger partial charge in [-0.15, -0.1) is 0 Å². The molecule has 1 aromatic carbocycles. The highest BCUT2D eigenvalue weighted by molar-refractivity contribution is 7.85. The Morgan fingerprint density at radius 2 is 0.909 bits per heavy atom. The van der Waals surface area contributed by atoms with Gasteiger partial charge < -0.3 is 0 Å². The Balaban J connectivity index is 1.80. The van der Waals surface area contributed by atoms with Crippen LogP contribution >= 0.6 is 0 Å². The summed E-state index contributed by atoms with van der Waals surface area (Å²) >= 11 is 0. The van der Waals surface area contributed by atoms with Crippen molar-refractivity contribution in [3.8, 4) is 0 Å². The topological polar surface area (TPSA) is 118 Å². The summed E-state index contributed by atoms with van der Waals surface area (Å²) < 4.78 is 64.6. The molecular weight excluding hydrogens is 464 g/mol. The van der Waals surface area contributed by atoms with E-state index in [0.29, 0.717) is 6.42 Å². The van der Waals surface area contributed by atoms with Gasteiger partial charge in [0.2, 0.25) is 0 Å². The number of hydrogen-bond donors (Lipinski definition) is 2. The van der Waals surface area contributed by atoms with Crippen LogP contribution in [0, 0.1) is 0 Å². The summed E-state index contributed by atoms with van der Waals surface area (Å²) in [6.45, 7) is 0.0647. The molecule has 0 fully saturated rings. The second-order valence-electron chi connectivity index (χ2n) is 8.78. The Morgan fingerprint density at radius 1 is 0.545 bits per heavy atom. The SMILES string of the molecule is O=S(=O)(O)OCCCCCCCCCCCCCCCCCCc1ccc(S(=O)(=O)O)cc1. The monoisotopic (exact) mass is 506 g/mol. The smallest absolute Gasteiger partial charge is 0.282 e. The Labute approximate surface area is 201 Å². The number of unbranched alkanes of at least 4 members (excludes halogenated alkanes) is 15. The fourth-order valence-corrected chi connectivity index (χ4v) is 4.71. The average Bonchev–Trinajstić information content (AvgIpc) is 2.74. The van der Waals surface area contributed by atoms with Gasteiger partial charge in [-0.1, -0.05) is 102 Å². The first kappa shape index (κ1) is 30.0. The summed E-state index contributed by atoms with van der Waals surface area (Å²) in [5.41, 5.74) is 1.10. The highest BCUT2D eigenvalue weighted by Gasteiger charge is 2.08. The summed E-state index contributed by atoms with van der Waals surface area (Å²) in [6, 6.07) is 6.47. The third-order valence-corrected chi connectivity index (χ3v) is 7.15. The highest BCUT2D eigenvalue weighted by Crippen LogP contribution is 2.16. The van der Waals surface area contributed by atoms with Crippen LogP contribution in [0.15, 0.2) is 29.2 Å². The molecule has 0 amide bonds. The van der Waals surface area contributed by atoms with Gasteiger partial charge in [0.15, 0.2) is 0 Å². The molecule has 0 unspecified atom stereocenters. The molecule has 1 aromatic rings. The minimum absolute atomic E-state index is 0.0499. The maximum atomic E-state index is 11.0. The van der Waals surface area contributed by atoms with Crippen LogP contribution in [0.2, 0.25) is 0 Å². The maximum Gasteiger partial charge on any atom is 0.397 e. The molecule has 0 saturated heterocycles. The standard InChI is InChI=1S/C24H42O7S2/c25-32(26,27)24-20-18-23(19-21-24)17-15-13-11-9-7-5-3-1-2-4-6-8-10-12-14-16-22-31-33(28,29)30/h18-21H,1-17,22H2,(H,25,26,27)(H,28,29,30). The van der Waals surface area contributed by atoms with Gasteiger partial charge in [-0.2, -0.15) is 16.8 Å². The molecule has 192 valence electrons. The molecule has 9 heteroatoms. The van der Waals surface area contributed by atoms with Gasteiger partial charge in [-0.3, -0.25) is 9.11 Å². The molecule has 0 aliphatic rings. The Hall–Kier alpha value is -1.00. The molecule has 0 heterocycles. The first-order valence-corrected chi connectivity index (χ1v) is 15.2. The zero-order valence-electron chi connectivity index (χ0n) is 19.8. The van der Waals surface area contributed by atoms with Crippen LogP contribution in [0.3, 0.4) is 0 Å². The van der Waals surface area contributed by atoms with E-state index in [4.69, 9.17) is 9.11 Å². The highest BCUT2D eigenvalue weighted by atomic mass is 32.3. The third kappa shape index (κ3) is 18.1. The lowest BCUT2D eigenvalue weighted by Gasteiger charge is -2.05. The predicted molar refractivity (Wildman–Crippen MR) is 131 cm³/mol. The zero-order chi connectivity index (χ0) is 24.4. The number of benzene rings is 1.